The van der Waals surface area contributed by atoms with Gasteiger partial charge in [-0.25, -0.2) is 0 Å². The lowest BCUT2D eigenvalue weighted by Crippen LogP contribution is -2.33. The van der Waals surface area contributed by atoms with Gasteiger partial charge in [-0.1, -0.05) is 12.1 Å². The molecule has 118 valence electrons. The van der Waals surface area contributed by atoms with E-state index in [0.29, 0.717) is 12.5 Å². The van der Waals surface area contributed by atoms with Crippen LogP contribution in [0.15, 0.2) is 24.3 Å². The summed E-state index contributed by atoms with van der Waals surface area (Å²) in [6, 6.07) is 8.24. The van der Waals surface area contributed by atoms with Crippen molar-refractivity contribution >= 4 is 11.6 Å². The van der Waals surface area contributed by atoms with Crippen LogP contribution in [0.4, 0.5) is 5.69 Å². The summed E-state index contributed by atoms with van der Waals surface area (Å²) in [7, 11) is 0. The topological polar surface area (TPSA) is 49.6 Å². The van der Waals surface area contributed by atoms with Crippen LogP contribution in [0.25, 0.3) is 0 Å². The van der Waals surface area contributed by atoms with Gasteiger partial charge < -0.3 is 15.5 Å². The van der Waals surface area contributed by atoms with Crippen LogP contribution in [0.2, 0.25) is 0 Å². The molecule has 2 saturated heterocycles. The van der Waals surface area contributed by atoms with Crippen molar-refractivity contribution in [3.63, 3.8) is 0 Å². The minimum Gasteiger partial charge on any atom is -0.371 e. The second-order valence-electron chi connectivity index (χ2n) is 7.09. The molecule has 4 rings (SSSR count). The van der Waals surface area contributed by atoms with Crippen LogP contribution in [-0.2, 0) is 0 Å². The first kappa shape index (κ1) is 14.1. The van der Waals surface area contributed by atoms with Gasteiger partial charge in [-0.15, -0.1) is 0 Å². The van der Waals surface area contributed by atoms with E-state index in [1.165, 1.54) is 25.7 Å². The van der Waals surface area contributed by atoms with Crippen molar-refractivity contribution in [1.82, 2.24) is 4.90 Å². The molecular weight excluding hydrogens is 274 g/mol. The number of para-hydroxylation sites is 1. The van der Waals surface area contributed by atoms with E-state index in [9.17, 15) is 4.79 Å². The van der Waals surface area contributed by atoms with E-state index >= 15 is 0 Å². The molecule has 4 nitrogen and oxygen atoms in total. The fourth-order valence-electron chi connectivity index (χ4n) is 4.10. The molecule has 2 atom stereocenters. The summed E-state index contributed by atoms with van der Waals surface area (Å²) in [5.74, 6) is 1.45. The highest BCUT2D eigenvalue weighted by Crippen LogP contribution is 2.41. The molecule has 1 aromatic carbocycles. The van der Waals surface area contributed by atoms with Gasteiger partial charge in [0.25, 0.3) is 5.91 Å². The van der Waals surface area contributed by atoms with Gasteiger partial charge in [0.05, 0.1) is 5.56 Å². The third kappa shape index (κ3) is 2.50. The Bertz CT molecular complexity index is 563. The summed E-state index contributed by atoms with van der Waals surface area (Å²) in [6.07, 6.45) is 5.04. The van der Waals surface area contributed by atoms with Crippen LogP contribution in [0.5, 0.6) is 0 Å². The zero-order valence-electron chi connectivity index (χ0n) is 13.1. The lowest BCUT2D eigenvalue weighted by atomic mass is 9.99. The Morgan fingerprint density at radius 3 is 2.55 bits per heavy atom. The Labute approximate surface area is 132 Å². The van der Waals surface area contributed by atoms with E-state index in [4.69, 9.17) is 5.73 Å². The molecule has 2 N–H and O–H groups in total. The fourth-order valence-corrected chi connectivity index (χ4v) is 4.10. The Morgan fingerprint density at radius 1 is 1.09 bits per heavy atom. The molecule has 1 amide bonds. The number of amides is 1. The molecule has 1 saturated carbocycles. The molecule has 2 aliphatic heterocycles. The number of nitrogens with zero attached hydrogens (tertiary/aromatic N) is 2. The number of likely N-dealkylation sites (tertiary alicyclic amines) is 1. The van der Waals surface area contributed by atoms with Crippen LogP contribution in [0.1, 0.15) is 36.0 Å². The fraction of sp³-hybridized carbons (Fsp3) is 0.611. The maximum atomic E-state index is 13.0. The summed E-state index contributed by atoms with van der Waals surface area (Å²) in [6.45, 7) is 3.69. The predicted molar refractivity (Wildman–Crippen MR) is 88.0 cm³/mol. The van der Waals surface area contributed by atoms with Gasteiger partial charge in [0.15, 0.2) is 0 Å². The average molecular weight is 299 g/mol. The zero-order valence-corrected chi connectivity index (χ0v) is 13.1. The monoisotopic (exact) mass is 299 g/mol. The first-order valence-electron chi connectivity index (χ1n) is 8.63. The van der Waals surface area contributed by atoms with Crippen LogP contribution >= 0.6 is 0 Å². The van der Waals surface area contributed by atoms with E-state index in [1.54, 1.807) is 0 Å². The number of anilines is 1. The molecule has 0 bridgehead atoms. The van der Waals surface area contributed by atoms with Crippen LogP contribution in [0, 0.1) is 11.8 Å². The largest absolute Gasteiger partial charge is 0.371 e. The van der Waals surface area contributed by atoms with Crippen molar-refractivity contribution in [1.29, 1.82) is 0 Å². The Morgan fingerprint density at radius 2 is 1.82 bits per heavy atom. The molecule has 0 radical (unpaired) electrons. The minimum absolute atomic E-state index is 0.162. The summed E-state index contributed by atoms with van der Waals surface area (Å²) in [5, 5.41) is 0. The van der Waals surface area contributed by atoms with Gasteiger partial charge in [0.2, 0.25) is 0 Å². The Balaban J connectivity index is 1.55. The van der Waals surface area contributed by atoms with Gasteiger partial charge in [-0.3, -0.25) is 4.79 Å². The van der Waals surface area contributed by atoms with Crippen LogP contribution < -0.4 is 10.6 Å². The zero-order chi connectivity index (χ0) is 15.1. The van der Waals surface area contributed by atoms with E-state index in [0.717, 1.165) is 36.8 Å². The first-order chi connectivity index (χ1) is 10.7. The smallest absolute Gasteiger partial charge is 0.256 e. The maximum absolute atomic E-state index is 13.0. The van der Waals surface area contributed by atoms with Crippen molar-refractivity contribution in [3.05, 3.63) is 29.8 Å². The summed E-state index contributed by atoms with van der Waals surface area (Å²) >= 11 is 0. The molecule has 2 heterocycles. The molecule has 4 heteroatoms. The van der Waals surface area contributed by atoms with Gasteiger partial charge in [0, 0.05) is 37.9 Å². The molecule has 0 unspecified atom stereocenters. The number of carbonyl (C=O) groups is 1. The van der Waals surface area contributed by atoms with Crippen LogP contribution in [-0.4, -0.2) is 43.0 Å². The summed E-state index contributed by atoms with van der Waals surface area (Å²) in [5.41, 5.74) is 8.24. The van der Waals surface area contributed by atoms with Gasteiger partial charge >= 0.3 is 0 Å². The lowest BCUT2D eigenvalue weighted by Gasteiger charge is -2.24. The number of benzene rings is 1. The maximum Gasteiger partial charge on any atom is 0.256 e. The highest BCUT2D eigenvalue weighted by atomic mass is 16.2. The van der Waals surface area contributed by atoms with E-state index in [-0.39, 0.29) is 11.9 Å². The quantitative estimate of drug-likeness (QED) is 0.930. The van der Waals surface area contributed by atoms with E-state index < -0.39 is 0 Å². The third-order valence-corrected chi connectivity index (χ3v) is 5.51. The van der Waals surface area contributed by atoms with Crippen molar-refractivity contribution in [2.75, 3.05) is 31.1 Å². The van der Waals surface area contributed by atoms with Gasteiger partial charge in [0.1, 0.15) is 0 Å². The standard InChI is InChI=1S/C18H25N3O/c19-16-12-21(11-15(16)13-7-8-13)18(22)14-5-1-2-6-17(14)20-9-3-4-10-20/h1-2,5-6,13,15-16H,3-4,7-12,19H2/t15-,16+/m0/s1. The van der Waals surface area contributed by atoms with Gasteiger partial charge in [-0.05, 0) is 49.7 Å². The summed E-state index contributed by atoms with van der Waals surface area (Å²) < 4.78 is 0. The molecule has 3 fully saturated rings. The van der Waals surface area contributed by atoms with E-state index in [1.807, 2.05) is 23.1 Å². The van der Waals surface area contributed by atoms with Crippen molar-refractivity contribution < 1.29 is 4.79 Å². The Hall–Kier alpha value is -1.55. The van der Waals surface area contributed by atoms with Crippen molar-refractivity contribution in [2.24, 2.45) is 17.6 Å². The molecule has 22 heavy (non-hydrogen) atoms. The minimum atomic E-state index is 0.162. The highest BCUT2D eigenvalue weighted by Gasteiger charge is 2.42. The Kier molecular flexibility index (Phi) is 3.57. The summed E-state index contributed by atoms with van der Waals surface area (Å²) in [4.78, 5) is 17.3. The van der Waals surface area contributed by atoms with Gasteiger partial charge in [-0.2, -0.15) is 0 Å². The normalized spacial score (nSPS) is 28.4. The van der Waals surface area contributed by atoms with Crippen molar-refractivity contribution in [3.8, 4) is 0 Å². The lowest BCUT2D eigenvalue weighted by molar-refractivity contribution is 0.0785. The molecule has 3 aliphatic rings. The molecular formula is C18H25N3O. The van der Waals surface area contributed by atoms with Crippen LogP contribution in [0.3, 0.4) is 0 Å². The number of rotatable bonds is 3. The molecule has 0 aromatic heterocycles. The molecule has 1 aliphatic carbocycles. The average Bonchev–Trinajstić information content (AvgIpc) is 3.09. The SMILES string of the molecule is N[C@@H]1CN(C(=O)c2ccccc2N2CCCC2)C[C@H]1C1CC1. The number of hydrogen-bond donors (Lipinski definition) is 1. The molecule has 0 spiro atoms. The van der Waals surface area contributed by atoms with Crippen molar-refractivity contribution in [2.45, 2.75) is 31.7 Å². The second kappa shape index (κ2) is 5.58. The van der Waals surface area contributed by atoms with E-state index in [2.05, 4.69) is 11.0 Å². The predicted octanol–water partition coefficient (Wildman–Crippen LogP) is 2.10. The number of nitrogens with two attached hydrogens (primary N) is 1. The number of hydrogen-bond acceptors (Lipinski definition) is 3. The molecule has 1 aromatic rings. The highest BCUT2D eigenvalue weighted by molar-refractivity contribution is 6.00. The third-order valence-electron chi connectivity index (χ3n) is 5.51. The first-order valence-corrected chi connectivity index (χ1v) is 8.63. The number of carbonyl (C=O) groups excluding carboxylic acids is 1. The second-order valence-corrected chi connectivity index (χ2v) is 7.09.